The first-order chi connectivity index (χ1) is 9.82. The van der Waals surface area contributed by atoms with Crippen LogP contribution < -0.4 is 0 Å². The summed E-state index contributed by atoms with van der Waals surface area (Å²) >= 11 is 5.81. The predicted octanol–water partition coefficient (Wildman–Crippen LogP) is 3.60. The van der Waals surface area contributed by atoms with Crippen molar-refractivity contribution in [3.05, 3.63) is 46.9 Å². The Morgan fingerprint density at radius 3 is 2.62 bits per heavy atom. The number of nitrogens with zero attached hydrogens (tertiary/aromatic N) is 2. The van der Waals surface area contributed by atoms with Gasteiger partial charge in [0, 0.05) is 10.6 Å². The van der Waals surface area contributed by atoms with E-state index in [1.165, 1.54) is 6.07 Å². The van der Waals surface area contributed by atoms with Crippen LogP contribution in [0.4, 0.5) is 13.2 Å². The molecule has 1 aromatic carbocycles. The normalized spacial score (nSPS) is 11.3. The molecule has 0 aliphatic heterocycles. The molecule has 1 aromatic heterocycles. The number of rotatable bonds is 2. The maximum absolute atomic E-state index is 12.8. The topological polar surface area (TPSA) is 52.1 Å². The molecule has 0 saturated heterocycles. The highest BCUT2D eigenvalue weighted by Gasteiger charge is 2.39. The molecule has 2 rings (SSSR count). The summed E-state index contributed by atoms with van der Waals surface area (Å²) < 4.78 is 42.8. The molecule has 0 saturated carbocycles. The fraction of sp³-hybridized carbons (Fsp3) is 0.154. The maximum Gasteiger partial charge on any atom is 0.435 e. The fourth-order valence-electron chi connectivity index (χ4n) is 1.62. The average molecular weight is 317 g/mol. The second-order valence-corrected chi connectivity index (χ2v) is 4.39. The van der Waals surface area contributed by atoms with E-state index in [0.717, 1.165) is 13.3 Å². The predicted molar refractivity (Wildman–Crippen MR) is 68.8 cm³/mol. The van der Waals surface area contributed by atoms with E-state index in [1.54, 1.807) is 18.2 Å². The van der Waals surface area contributed by atoms with E-state index in [2.05, 4.69) is 14.7 Å². The monoisotopic (exact) mass is 316 g/mol. The van der Waals surface area contributed by atoms with E-state index in [9.17, 15) is 18.0 Å². The molecule has 0 amide bonds. The lowest BCUT2D eigenvalue weighted by atomic mass is 10.1. The summed E-state index contributed by atoms with van der Waals surface area (Å²) in [5.41, 5.74) is -1.75. The van der Waals surface area contributed by atoms with Gasteiger partial charge in [0.25, 0.3) is 0 Å². The number of ether oxygens (including phenoxy) is 1. The maximum atomic E-state index is 12.8. The minimum atomic E-state index is -4.80. The molecule has 0 N–H and O–H groups in total. The van der Waals surface area contributed by atoms with Crippen LogP contribution in [-0.4, -0.2) is 23.0 Å². The molecule has 2 aromatic rings. The zero-order valence-corrected chi connectivity index (χ0v) is 11.4. The van der Waals surface area contributed by atoms with Crippen LogP contribution in [0.2, 0.25) is 5.02 Å². The van der Waals surface area contributed by atoms with Crippen molar-refractivity contribution in [2.24, 2.45) is 0 Å². The van der Waals surface area contributed by atoms with Crippen LogP contribution in [-0.2, 0) is 10.9 Å². The van der Waals surface area contributed by atoms with Crippen molar-refractivity contribution in [3.63, 3.8) is 0 Å². The summed E-state index contributed by atoms with van der Waals surface area (Å²) in [6.45, 7) is 0. The summed E-state index contributed by atoms with van der Waals surface area (Å²) in [5, 5.41) is 0.383. The highest BCUT2D eigenvalue weighted by Crippen LogP contribution is 2.31. The first kappa shape index (κ1) is 15.2. The molecular formula is C13H8ClF3N2O2. The number of hydrogen-bond acceptors (Lipinski definition) is 4. The second kappa shape index (κ2) is 5.69. The molecule has 0 fully saturated rings. The Kier molecular flexibility index (Phi) is 4.13. The van der Waals surface area contributed by atoms with Gasteiger partial charge in [-0.1, -0.05) is 23.7 Å². The van der Waals surface area contributed by atoms with Gasteiger partial charge in [0.1, 0.15) is 0 Å². The molecule has 110 valence electrons. The van der Waals surface area contributed by atoms with Gasteiger partial charge in [-0.2, -0.15) is 13.2 Å². The minimum absolute atomic E-state index is 0.0888. The summed E-state index contributed by atoms with van der Waals surface area (Å²) in [6.07, 6.45) is -3.87. The third-order valence-corrected chi connectivity index (χ3v) is 2.78. The number of alkyl halides is 3. The number of halogens is 4. The second-order valence-electron chi connectivity index (χ2n) is 3.95. The van der Waals surface area contributed by atoms with Crippen LogP contribution in [0.15, 0.2) is 30.5 Å². The summed E-state index contributed by atoms with van der Waals surface area (Å²) in [4.78, 5) is 18.5. The van der Waals surface area contributed by atoms with Gasteiger partial charge in [-0.3, -0.25) is 0 Å². The Balaban J connectivity index is 2.59. The van der Waals surface area contributed by atoms with Crippen molar-refractivity contribution in [1.82, 2.24) is 9.97 Å². The van der Waals surface area contributed by atoms with Crippen molar-refractivity contribution in [3.8, 4) is 11.3 Å². The smallest absolute Gasteiger partial charge is 0.435 e. The van der Waals surface area contributed by atoms with Gasteiger partial charge in [0.15, 0.2) is 11.4 Å². The summed E-state index contributed by atoms with van der Waals surface area (Å²) in [5.74, 6) is -1.21. The summed E-state index contributed by atoms with van der Waals surface area (Å²) in [7, 11) is 0.968. The average Bonchev–Trinajstić information content (AvgIpc) is 2.45. The molecule has 0 spiro atoms. The number of hydrogen-bond donors (Lipinski definition) is 0. The fourth-order valence-corrected chi connectivity index (χ4v) is 1.81. The van der Waals surface area contributed by atoms with Crippen LogP contribution in [0.1, 0.15) is 16.2 Å². The number of esters is 1. The molecule has 8 heteroatoms. The van der Waals surface area contributed by atoms with E-state index in [4.69, 9.17) is 11.6 Å². The SMILES string of the molecule is COC(=O)c1nc(-c2cccc(Cl)c2)cnc1C(F)(F)F. The zero-order chi connectivity index (χ0) is 15.6. The number of benzene rings is 1. The lowest BCUT2D eigenvalue weighted by Crippen LogP contribution is -2.18. The van der Waals surface area contributed by atoms with Crippen molar-refractivity contribution < 1.29 is 22.7 Å². The van der Waals surface area contributed by atoms with Gasteiger partial charge in [0.2, 0.25) is 0 Å². The molecule has 0 aliphatic carbocycles. The molecule has 1 heterocycles. The Morgan fingerprint density at radius 2 is 2.05 bits per heavy atom. The molecule has 0 atom stereocenters. The van der Waals surface area contributed by atoms with Crippen LogP contribution in [0, 0.1) is 0 Å². The van der Waals surface area contributed by atoms with Crippen molar-refractivity contribution >= 4 is 17.6 Å². The number of carbonyl (C=O) groups excluding carboxylic acids is 1. The quantitative estimate of drug-likeness (QED) is 0.794. The van der Waals surface area contributed by atoms with E-state index < -0.39 is 23.5 Å². The van der Waals surface area contributed by atoms with Crippen LogP contribution in [0.3, 0.4) is 0 Å². The zero-order valence-electron chi connectivity index (χ0n) is 10.6. The molecule has 0 bridgehead atoms. The first-order valence-electron chi connectivity index (χ1n) is 5.61. The van der Waals surface area contributed by atoms with Gasteiger partial charge < -0.3 is 4.74 Å². The third-order valence-electron chi connectivity index (χ3n) is 2.54. The molecule has 4 nitrogen and oxygen atoms in total. The Hall–Kier alpha value is -2.15. The standard InChI is InChI=1S/C13H8ClF3N2O2/c1-21-12(20)10-11(13(15,16)17)18-6-9(19-10)7-3-2-4-8(14)5-7/h2-6H,1H3. The molecule has 21 heavy (non-hydrogen) atoms. The van der Waals surface area contributed by atoms with E-state index in [-0.39, 0.29) is 5.69 Å². The van der Waals surface area contributed by atoms with Crippen LogP contribution in [0.25, 0.3) is 11.3 Å². The number of methoxy groups -OCH3 is 1. The highest BCUT2D eigenvalue weighted by molar-refractivity contribution is 6.30. The van der Waals surface area contributed by atoms with Crippen molar-refractivity contribution in [2.75, 3.05) is 7.11 Å². The molecule has 0 radical (unpaired) electrons. The Morgan fingerprint density at radius 1 is 1.33 bits per heavy atom. The number of aromatic nitrogens is 2. The first-order valence-corrected chi connectivity index (χ1v) is 5.99. The lowest BCUT2D eigenvalue weighted by Gasteiger charge is -2.11. The summed E-state index contributed by atoms with van der Waals surface area (Å²) in [6, 6.07) is 6.29. The molecular weight excluding hydrogens is 309 g/mol. The van der Waals surface area contributed by atoms with Gasteiger partial charge in [-0.25, -0.2) is 14.8 Å². The van der Waals surface area contributed by atoms with E-state index in [1.807, 2.05) is 0 Å². The molecule has 0 unspecified atom stereocenters. The van der Waals surface area contributed by atoms with E-state index in [0.29, 0.717) is 10.6 Å². The van der Waals surface area contributed by atoms with Gasteiger partial charge in [-0.05, 0) is 12.1 Å². The van der Waals surface area contributed by atoms with Crippen molar-refractivity contribution in [1.29, 1.82) is 0 Å². The van der Waals surface area contributed by atoms with Gasteiger partial charge in [0.05, 0.1) is 19.0 Å². The van der Waals surface area contributed by atoms with Crippen molar-refractivity contribution in [2.45, 2.75) is 6.18 Å². The van der Waals surface area contributed by atoms with Crippen LogP contribution >= 0.6 is 11.6 Å². The Bertz CT molecular complexity index is 689. The third kappa shape index (κ3) is 3.30. The van der Waals surface area contributed by atoms with Gasteiger partial charge in [-0.15, -0.1) is 0 Å². The minimum Gasteiger partial charge on any atom is -0.464 e. The molecule has 0 aliphatic rings. The lowest BCUT2D eigenvalue weighted by molar-refractivity contribution is -0.142. The highest BCUT2D eigenvalue weighted by atomic mass is 35.5. The van der Waals surface area contributed by atoms with E-state index >= 15 is 0 Å². The largest absolute Gasteiger partial charge is 0.464 e. The number of carbonyl (C=O) groups is 1. The van der Waals surface area contributed by atoms with Crippen LogP contribution in [0.5, 0.6) is 0 Å². The Labute approximate surface area is 122 Å². The van der Waals surface area contributed by atoms with Gasteiger partial charge >= 0.3 is 12.1 Å².